The zero-order valence-electron chi connectivity index (χ0n) is 22.8. The highest BCUT2D eigenvalue weighted by atomic mass is 16.6. The number of ether oxygens (including phenoxy) is 1. The van der Waals surface area contributed by atoms with Crippen LogP contribution in [0.3, 0.4) is 0 Å². The highest BCUT2D eigenvalue weighted by molar-refractivity contribution is 5.97. The molecule has 0 radical (unpaired) electrons. The Bertz CT molecular complexity index is 1230. The molecule has 8 heteroatoms. The fraction of sp³-hybridized carbons (Fsp3) is 0.500. The molecule has 0 aromatic heterocycles. The molecule has 2 aromatic carbocycles. The van der Waals surface area contributed by atoms with Crippen LogP contribution >= 0.6 is 0 Å². The van der Waals surface area contributed by atoms with E-state index in [2.05, 4.69) is 21.6 Å². The Labute approximate surface area is 224 Å². The van der Waals surface area contributed by atoms with Gasteiger partial charge in [-0.15, -0.1) is 0 Å². The van der Waals surface area contributed by atoms with Gasteiger partial charge in [0.05, 0.1) is 11.0 Å². The van der Waals surface area contributed by atoms with Gasteiger partial charge in [-0.05, 0) is 87.9 Å². The summed E-state index contributed by atoms with van der Waals surface area (Å²) in [6.07, 6.45) is 3.56. The zero-order valence-corrected chi connectivity index (χ0v) is 22.8. The molecule has 0 bridgehead atoms. The summed E-state index contributed by atoms with van der Waals surface area (Å²) in [5.41, 5.74) is 3.69. The topological polar surface area (TPSA) is 91.0 Å². The number of fused-ring (bicyclic) bond motifs is 1. The van der Waals surface area contributed by atoms with Crippen LogP contribution in [-0.4, -0.2) is 61.5 Å². The van der Waals surface area contributed by atoms with E-state index < -0.39 is 17.6 Å². The molecule has 0 aliphatic carbocycles. The Morgan fingerprint density at radius 1 is 1.03 bits per heavy atom. The van der Waals surface area contributed by atoms with Gasteiger partial charge in [0.15, 0.2) is 0 Å². The van der Waals surface area contributed by atoms with Crippen molar-refractivity contribution < 1.29 is 19.1 Å². The van der Waals surface area contributed by atoms with Crippen LogP contribution in [0.1, 0.15) is 67.6 Å². The van der Waals surface area contributed by atoms with E-state index in [0.29, 0.717) is 23.7 Å². The quantitative estimate of drug-likeness (QED) is 0.597. The van der Waals surface area contributed by atoms with Gasteiger partial charge in [-0.1, -0.05) is 12.1 Å². The van der Waals surface area contributed by atoms with Crippen LogP contribution < -0.4 is 15.5 Å². The summed E-state index contributed by atoms with van der Waals surface area (Å²) in [5.74, 6) is -0.226. The second-order valence-electron chi connectivity index (χ2n) is 11.8. The van der Waals surface area contributed by atoms with E-state index in [1.54, 1.807) is 24.3 Å². The van der Waals surface area contributed by atoms with Gasteiger partial charge in [-0.3, -0.25) is 9.59 Å². The zero-order chi connectivity index (χ0) is 27.1. The van der Waals surface area contributed by atoms with E-state index >= 15 is 0 Å². The molecule has 0 saturated carbocycles. The largest absolute Gasteiger partial charge is 0.456 e. The normalized spacial score (nSPS) is 20.8. The van der Waals surface area contributed by atoms with Crippen molar-refractivity contribution in [1.29, 1.82) is 0 Å². The number of hydrogen-bond donors (Lipinski definition) is 2. The first kappa shape index (κ1) is 26.2. The number of amides is 2. The average molecular weight is 519 g/mol. The van der Waals surface area contributed by atoms with Gasteiger partial charge < -0.3 is 25.2 Å². The average Bonchev–Trinajstić information content (AvgIpc) is 3.16. The third kappa shape index (κ3) is 5.14. The van der Waals surface area contributed by atoms with Gasteiger partial charge in [0.1, 0.15) is 11.6 Å². The number of likely N-dealkylation sites (tertiary alicyclic amines) is 1. The van der Waals surface area contributed by atoms with E-state index in [9.17, 15) is 14.4 Å². The molecule has 3 aliphatic rings. The summed E-state index contributed by atoms with van der Waals surface area (Å²) in [6, 6.07) is 12.5. The minimum absolute atomic E-state index is 0.134. The van der Waals surface area contributed by atoms with Crippen LogP contribution in [0.15, 0.2) is 42.5 Å². The maximum Gasteiger partial charge on any atom is 0.338 e. The number of piperidine rings is 1. The van der Waals surface area contributed by atoms with Gasteiger partial charge in [0.25, 0.3) is 0 Å². The van der Waals surface area contributed by atoms with Crippen LogP contribution in [0.25, 0.3) is 0 Å². The smallest absolute Gasteiger partial charge is 0.338 e. The van der Waals surface area contributed by atoms with E-state index in [1.807, 2.05) is 44.9 Å². The first-order valence-electron chi connectivity index (χ1n) is 13.6. The molecule has 2 amide bonds. The predicted octanol–water partition coefficient (Wildman–Crippen LogP) is 3.92. The van der Waals surface area contributed by atoms with Crippen molar-refractivity contribution >= 4 is 29.2 Å². The lowest BCUT2D eigenvalue weighted by molar-refractivity contribution is -0.136. The van der Waals surface area contributed by atoms with Gasteiger partial charge in [-0.2, -0.15) is 0 Å². The molecular weight excluding hydrogens is 480 g/mol. The fourth-order valence-electron chi connectivity index (χ4n) is 5.99. The highest BCUT2D eigenvalue weighted by Crippen LogP contribution is 2.43. The third-order valence-electron chi connectivity index (χ3n) is 8.06. The molecule has 38 heavy (non-hydrogen) atoms. The van der Waals surface area contributed by atoms with Crippen molar-refractivity contribution in [2.24, 2.45) is 5.41 Å². The fourth-order valence-corrected chi connectivity index (χ4v) is 5.99. The minimum atomic E-state index is -0.566. The van der Waals surface area contributed by atoms with Gasteiger partial charge in [0, 0.05) is 44.6 Å². The molecule has 3 heterocycles. The monoisotopic (exact) mass is 518 g/mol. The summed E-state index contributed by atoms with van der Waals surface area (Å²) < 4.78 is 5.42. The van der Waals surface area contributed by atoms with E-state index in [0.717, 1.165) is 50.9 Å². The molecule has 2 saturated heterocycles. The Hall–Kier alpha value is -3.39. The van der Waals surface area contributed by atoms with Crippen molar-refractivity contribution in [3.63, 3.8) is 0 Å². The molecule has 8 nitrogen and oxygen atoms in total. The predicted molar refractivity (Wildman–Crippen MR) is 147 cm³/mol. The number of nitrogens with zero attached hydrogens (tertiary/aromatic N) is 2. The Morgan fingerprint density at radius 3 is 2.34 bits per heavy atom. The van der Waals surface area contributed by atoms with Gasteiger partial charge in [0.2, 0.25) is 11.8 Å². The number of carbonyl (C=O) groups is 3. The molecule has 1 unspecified atom stereocenters. The Balaban J connectivity index is 1.28. The molecule has 2 aromatic rings. The first-order chi connectivity index (χ1) is 18.1. The number of benzene rings is 2. The second kappa shape index (κ2) is 10.1. The molecule has 2 fully saturated rings. The Kier molecular flexibility index (Phi) is 6.94. The maximum atomic E-state index is 13.3. The number of carbonyl (C=O) groups excluding carboxylic acids is 3. The first-order valence-corrected chi connectivity index (χ1v) is 13.6. The lowest BCUT2D eigenvalue weighted by Crippen LogP contribution is -2.45. The summed E-state index contributed by atoms with van der Waals surface area (Å²) >= 11 is 0. The van der Waals surface area contributed by atoms with Crippen molar-refractivity contribution in [2.75, 3.05) is 43.4 Å². The van der Waals surface area contributed by atoms with E-state index in [-0.39, 0.29) is 11.3 Å². The van der Waals surface area contributed by atoms with Crippen LogP contribution in [0.5, 0.6) is 0 Å². The van der Waals surface area contributed by atoms with Crippen molar-refractivity contribution in [3.8, 4) is 0 Å². The molecule has 1 spiro atoms. The van der Waals surface area contributed by atoms with Gasteiger partial charge >= 0.3 is 5.97 Å². The number of nitrogens with one attached hydrogen (secondary N) is 2. The maximum absolute atomic E-state index is 13.3. The van der Waals surface area contributed by atoms with E-state index in [1.165, 1.54) is 11.3 Å². The number of rotatable bonds is 4. The number of anilines is 2. The standard InChI is InChI=1S/C30H38N4O4/c1-29(2,3)38-27(36)20-8-10-21(11-9-20)32-26(35)25-23-6-5-7-24(22(23)12-16-31-25)34-18-14-30(15-19-34)13-17-33(4)28(30)37/h5-11,25,31H,12-19H2,1-4H3,(H,32,35). The SMILES string of the molecule is CN1CCC2(CCN(c3cccc4c3CCNC4C(=O)Nc3ccc(C(=O)OC(C)(C)C)cc3)CC2)C1=O. The van der Waals surface area contributed by atoms with Crippen molar-refractivity contribution in [3.05, 3.63) is 59.2 Å². The van der Waals surface area contributed by atoms with Crippen molar-refractivity contribution in [2.45, 2.75) is 58.1 Å². The molecule has 2 N–H and O–H groups in total. The molecule has 202 valence electrons. The highest BCUT2D eigenvalue weighted by Gasteiger charge is 2.47. The second-order valence-corrected chi connectivity index (χ2v) is 11.8. The summed E-state index contributed by atoms with van der Waals surface area (Å²) in [4.78, 5) is 42.7. The lowest BCUT2D eigenvalue weighted by atomic mass is 9.76. The van der Waals surface area contributed by atoms with E-state index in [4.69, 9.17) is 4.74 Å². The summed E-state index contributed by atoms with van der Waals surface area (Å²) in [6.45, 7) is 8.76. The molecular formula is C30H38N4O4. The molecule has 1 atom stereocenters. The minimum Gasteiger partial charge on any atom is -0.456 e. The number of esters is 1. The molecule has 3 aliphatic heterocycles. The summed E-state index contributed by atoms with van der Waals surface area (Å²) in [5, 5.41) is 6.37. The van der Waals surface area contributed by atoms with Crippen molar-refractivity contribution in [1.82, 2.24) is 10.2 Å². The Morgan fingerprint density at radius 2 is 1.71 bits per heavy atom. The van der Waals surface area contributed by atoms with Crippen LogP contribution in [-0.2, 0) is 20.7 Å². The molecule has 5 rings (SSSR count). The van der Waals surface area contributed by atoms with Crippen LogP contribution in [0.2, 0.25) is 0 Å². The van der Waals surface area contributed by atoms with Crippen LogP contribution in [0, 0.1) is 5.41 Å². The number of hydrogen-bond acceptors (Lipinski definition) is 6. The third-order valence-corrected chi connectivity index (χ3v) is 8.06. The summed E-state index contributed by atoms with van der Waals surface area (Å²) in [7, 11) is 1.91. The lowest BCUT2D eigenvalue weighted by Gasteiger charge is -2.40. The van der Waals surface area contributed by atoms with Crippen LogP contribution in [0.4, 0.5) is 11.4 Å². The van der Waals surface area contributed by atoms with Gasteiger partial charge in [-0.25, -0.2) is 4.79 Å².